The zero-order chi connectivity index (χ0) is 13.3. The highest BCUT2D eigenvalue weighted by Gasteiger charge is 2.28. The number of aliphatic hydroxyl groups excluding tert-OH is 1. The maximum Gasteiger partial charge on any atom is 0.265 e. The highest BCUT2D eigenvalue weighted by molar-refractivity contribution is 7.13. The molecule has 1 aromatic heterocycles. The van der Waals surface area contributed by atoms with E-state index in [1.54, 1.807) is 12.0 Å². The Labute approximate surface area is 110 Å². The van der Waals surface area contributed by atoms with Crippen molar-refractivity contribution in [1.29, 1.82) is 0 Å². The summed E-state index contributed by atoms with van der Waals surface area (Å²) in [6.45, 7) is 4.78. The summed E-state index contributed by atoms with van der Waals surface area (Å²) in [6, 6.07) is 0. The van der Waals surface area contributed by atoms with Crippen molar-refractivity contribution in [2.45, 2.75) is 32.5 Å². The third-order valence-electron chi connectivity index (χ3n) is 3.16. The number of aromatic nitrogens is 1. The van der Waals surface area contributed by atoms with E-state index in [4.69, 9.17) is 4.74 Å². The van der Waals surface area contributed by atoms with Crippen LogP contribution in [0.2, 0.25) is 0 Å². The van der Waals surface area contributed by atoms with Crippen LogP contribution >= 0.6 is 11.3 Å². The number of thiazole rings is 1. The zero-order valence-electron chi connectivity index (χ0n) is 10.8. The Kier molecular flexibility index (Phi) is 3.99. The first kappa shape index (κ1) is 13.5. The van der Waals surface area contributed by atoms with Gasteiger partial charge >= 0.3 is 0 Å². The van der Waals surface area contributed by atoms with E-state index in [1.807, 2.05) is 13.8 Å². The largest absolute Gasteiger partial charge is 0.391 e. The molecule has 100 valence electrons. The summed E-state index contributed by atoms with van der Waals surface area (Å²) in [4.78, 5) is 19.0. The molecule has 1 fully saturated rings. The van der Waals surface area contributed by atoms with Crippen LogP contribution in [-0.2, 0) is 4.74 Å². The Morgan fingerprint density at radius 2 is 2.39 bits per heavy atom. The minimum atomic E-state index is -0.389. The van der Waals surface area contributed by atoms with Crippen molar-refractivity contribution in [3.05, 3.63) is 15.6 Å². The number of rotatable bonds is 3. The molecular weight excluding hydrogens is 252 g/mol. The second-order valence-electron chi connectivity index (χ2n) is 4.54. The van der Waals surface area contributed by atoms with Crippen molar-refractivity contribution in [3.63, 3.8) is 0 Å². The minimum Gasteiger partial charge on any atom is -0.391 e. The van der Waals surface area contributed by atoms with Gasteiger partial charge in [-0.05, 0) is 20.3 Å². The van der Waals surface area contributed by atoms with Gasteiger partial charge in [-0.15, -0.1) is 11.3 Å². The first-order valence-corrected chi connectivity index (χ1v) is 6.82. The van der Waals surface area contributed by atoms with Crippen LogP contribution in [0.1, 0.15) is 39.8 Å². The van der Waals surface area contributed by atoms with E-state index in [1.165, 1.54) is 11.3 Å². The van der Waals surface area contributed by atoms with Crippen molar-refractivity contribution < 1.29 is 14.6 Å². The Hall–Kier alpha value is -0.980. The Bertz CT molecular complexity index is 447. The molecule has 1 aromatic rings. The average molecular weight is 270 g/mol. The molecule has 0 radical (unpaired) electrons. The van der Waals surface area contributed by atoms with E-state index < -0.39 is 0 Å². The minimum absolute atomic E-state index is 0.0314. The van der Waals surface area contributed by atoms with E-state index >= 15 is 0 Å². The van der Waals surface area contributed by atoms with E-state index in [9.17, 15) is 9.90 Å². The number of methoxy groups -OCH3 is 1. The quantitative estimate of drug-likeness (QED) is 0.901. The highest BCUT2D eigenvalue weighted by Crippen LogP contribution is 2.27. The number of hydrogen-bond acceptors (Lipinski definition) is 5. The fourth-order valence-electron chi connectivity index (χ4n) is 1.96. The second-order valence-corrected chi connectivity index (χ2v) is 5.57. The van der Waals surface area contributed by atoms with Gasteiger partial charge in [-0.2, -0.15) is 0 Å². The monoisotopic (exact) mass is 270 g/mol. The number of ether oxygens (including phenoxy) is 1. The number of β-amino-alcohol motifs (C(OH)–C–C–N with tert-alkyl or cyclic N) is 1. The van der Waals surface area contributed by atoms with Gasteiger partial charge in [0, 0.05) is 20.2 Å². The normalized spacial score (nSPS) is 21.3. The molecule has 1 aliphatic heterocycles. The van der Waals surface area contributed by atoms with Gasteiger partial charge in [0.25, 0.3) is 5.91 Å². The molecule has 6 heteroatoms. The molecule has 1 amide bonds. The summed E-state index contributed by atoms with van der Waals surface area (Å²) < 4.78 is 5.21. The number of carbonyl (C=O) groups is 1. The number of amides is 1. The summed E-state index contributed by atoms with van der Waals surface area (Å²) in [5.41, 5.74) is 0.741. The molecule has 2 heterocycles. The van der Waals surface area contributed by atoms with Gasteiger partial charge in [-0.25, -0.2) is 4.98 Å². The summed E-state index contributed by atoms with van der Waals surface area (Å²) in [7, 11) is 1.62. The number of likely N-dealkylation sites (tertiary alicyclic amines) is 1. The molecule has 0 spiro atoms. The molecule has 2 rings (SSSR count). The second kappa shape index (κ2) is 5.34. The van der Waals surface area contributed by atoms with Crippen LogP contribution in [0.5, 0.6) is 0 Å². The van der Waals surface area contributed by atoms with Crippen LogP contribution < -0.4 is 0 Å². The topological polar surface area (TPSA) is 62.7 Å². The fraction of sp³-hybridized carbons (Fsp3) is 0.667. The lowest BCUT2D eigenvalue weighted by Crippen LogP contribution is -2.29. The summed E-state index contributed by atoms with van der Waals surface area (Å²) >= 11 is 1.38. The lowest BCUT2D eigenvalue weighted by Gasteiger charge is -2.14. The van der Waals surface area contributed by atoms with Crippen molar-refractivity contribution in [1.82, 2.24) is 9.88 Å². The first-order chi connectivity index (χ1) is 8.52. The predicted octanol–water partition coefficient (Wildman–Crippen LogP) is 1.37. The maximum atomic E-state index is 12.3. The third kappa shape index (κ3) is 2.55. The number of aryl methyl sites for hydroxylation is 1. The number of aliphatic hydroxyl groups is 1. The van der Waals surface area contributed by atoms with E-state index in [-0.39, 0.29) is 18.1 Å². The molecule has 2 atom stereocenters. The van der Waals surface area contributed by atoms with Crippen LogP contribution in [0.4, 0.5) is 0 Å². The first-order valence-electron chi connectivity index (χ1n) is 6.00. The van der Waals surface area contributed by atoms with Gasteiger partial charge in [0.15, 0.2) is 0 Å². The predicted molar refractivity (Wildman–Crippen MR) is 68.8 cm³/mol. The molecule has 1 saturated heterocycles. The zero-order valence-corrected chi connectivity index (χ0v) is 11.7. The van der Waals surface area contributed by atoms with Gasteiger partial charge in [0.1, 0.15) is 16.0 Å². The molecule has 0 bridgehead atoms. The summed E-state index contributed by atoms with van der Waals surface area (Å²) in [5, 5.41) is 10.3. The van der Waals surface area contributed by atoms with Crippen LogP contribution in [0.3, 0.4) is 0 Å². The van der Waals surface area contributed by atoms with E-state index in [0.717, 1.165) is 10.7 Å². The van der Waals surface area contributed by atoms with Gasteiger partial charge in [0.05, 0.1) is 11.8 Å². The smallest absolute Gasteiger partial charge is 0.265 e. The van der Waals surface area contributed by atoms with E-state index in [2.05, 4.69) is 4.98 Å². The maximum absolute atomic E-state index is 12.3. The van der Waals surface area contributed by atoms with Crippen LogP contribution in [0.15, 0.2) is 0 Å². The molecule has 18 heavy (non-hydrogen) atoms. The van der Waals surface area contributed by atoms with Crippen molar-refractivity contribution in [3.8, 4) is 0 Å². The SMILES string of the molecule is COC(C)c1nc(C)c(C(=O)N2CC[C@@H](O)C2)s1. The number of nitrogens with zero attached hydrogens (tertiary/aromatic N) is 2. The molecule has 1 aliphatic rings. The van der Waals surface area contributed by atoms with Gasteiger partial charge in [-0.1, -0.05) is 0 Å². The Morgan fingerprint density at radius 3 is 2.94 bits per heavy atom. The van der Waals surface area contributed by atoms with Crippen molar-refractivity contribution >= 4 is 17.2 Å². The van der Waals surface area contributed by atoms with Crippen molar-refractivity contribution in [2.75, 3.05) is 20.2 Å². The summed E-state index contributed by atoms with van der Waals surface area (Å²) in [5.74, 6) is -0.0314. The van der Waals surface area contributed by atoms with Crippen LogP contribution in [0.25, 0.3) is 0 Å². The summed E-state index contributed by atoms with van der Waals surface area (Å²) in [6.07, 6.45) is 0.171. The van der Waals surface area contributed by atoms with Gasteiger partial charge in [-0.3, -0.25) is 4.79 Å². The molecule has 1 N–H and O–H groups in total. The highest BCUT2D eigenvalue weighted by atomic mass is 32.1. The lowest BCUT2D eigenvalue weighted by molar-refractivity contribution is 0.0769. The Balaban J connectivity index is 2.17. The van der Waals surface area contributed by atoms with Crippen LogP contribution in [-0.4, -0.2) is 47.2 Å². The third-order valence-corrected chi connectivity index (χ3v) is 4.47. The number of carbonyl (C=O) groups excluding carboxylic acids is 1. The number of hydrogen-bond donors (Lipinski definition) is 1. The van der Waals surface area contributed by atoms with Gasteiger partial charge < -0.3 is 14.7 Å². The molecule has 0 aliphatic carbocycles. The molecular formula is C12H18N2O3S. The van der Waals surface area contributed by atoms with Crippen LogP contribution in [0, 0.1) is 6.92 Å². The van der Waals surface area contributed by atoms with Crippen molar-refractivity contribution in [2.24, 2.45) is 0 Å². The van der Waals surface area contributed by atoms with E-state index in [0.29, 0.717) is 24.4 Å². The molecule has 5 nitrogen and oxygen atoms in total. The molecule has 1 unspecified atom stereocenters. The lowest BCUT2D eigenvalue weighted by atomic mass is 10.3. The Morgan fingerprint density at radius 1 is 1.67 bits per heavy atom. The molecule has 0 saturated carbocycles. The fourth-order valence-corrected chi connectivity index (χ4v) is 3.02. The average Bonchev–Trinajstić information content (AvgIpc) is 2.94. The standard InChI is InChI=1S/C12H18N2O3S/c1-7-10(18-11(13-7)8(2)17-3)12(16)14-5-4-9(15)6-14/h8-9,15H,4-6H2,1-3H3/t8?,9-/m1/s1. The molecule has 0 aromatic carbocycles. The van der Waals surface area contributed by atoms with Gasteiger partial charge in [0.2, 0.25) is 0 Å².